The highest BCUT2D eigenvalue weighted by molar-refractivity contribution is 6.12. The Labute approximate surface area is 280 Å². The van der Waals surface area contributed by atoms with E-state index >= 15 is 0 Å². The van der Waals surface area contributed by atoms with Crippen molar-refractivity contribution in [3.63, 3.8) is 0 Å². The van der Waals surface area contributed by atoms with Crippen LogP contribution in [0.2, 0.25) is 0 Å². The van der Waals surface area contributed by atoms with Crippen molar-refractivity contribution in [2.24, 2.45) is 0 Å². The Morgan fingerprint density at radius 1 is 0.354 bits per heavy atom. The Morgan fingerprint density at radius 2 is 0.875 bits per heavy atom. The van der Waals surface area contributed by atoms with Gasteiger partial charge in [0.1, 0.15) is 0 Å². The first-order chi connectivity index (χ1) is 23.8. The lowest BCUT2D eigenvalue weighted by molar-refractivity contribution is 1.18. The summed E-state index contributed by atoms with van der Waals surface area (Å²) in [7, 11) is 0. The molecule has 2 nitrogen and oxygen atoms in total. The van der Waals surface area contributed by atoms with Gasteiger partial charge in [-0.15, -0.1) is 0 Å². The van der Waals surface area contributed by atoms with E-state index in [0.717, 1.165) is 22.7 Å². The number of para-hydroxylation sites is 4. The van der Waals surface area contributed by atoms with E-state index in [9.17, 15) is 0 Å². The molecule has 0 saturated carbocycles. The maximum atomic E-state index is 2.45. The molecule has 0 saturated heterocycles. The second-order valence-electron chi connectivity index (χ2n) is 12.2. The highest BCUT2D eigenvalue weighted by Crippen LogP contribution is 2.46. The Hall–Kier alpha value is -6.38. The fourth-order valence-electron chi connectivity index (χ4n) is 7.23. The van der Waals surface area contributed by atoms with Crippen LogP contribution in [-0.4, -0.2) is 4.57 Å². The van der Waals surface area contributed by atoms with Gasteiger partial charge < -0.3 is 9.47 Å². The molecule has 48 heavy (non-hydrogen) atoms. The van der Waals surface area contributed by atoms with Gasteiger partial charge >= 0.3 is 0 Å². The minimum Gasteiger partial charge on any atom is -0.310 e. The molecule has 0 atom stereocenters. The highest BCUT2D eigenvalue weighted by atomic mass is 15.1. The maximum absolute atomic E-state index is 2.45. The van der Waals surface area contributed by atoms with Gasteiger partial charge in [0.15, 0.2) is 0 Å². The maximum Gasteiger partial charge on any atom is 0.0547 e. The fourth-order valence-corrected chi connectivity index (χ4v) is 7.23. The number of benzene rings is 8. The Morgan fingerprint density at radius 3 is 1.58 bits per heavy atom. The van der Waals surface area contributed by atoms with E-state index in [1.165, 1.54) is 54.8 Å². The number of anilines is 3. The lowest BCUT2D eigenvalue weighted by atomic mass is 9.94. The highest BCUT2D eigenvalue weighted by Gasteiger charge is 2.22. The Balaban J connectivity index is 1.32. The molecule has 9 rings (SSSR count). The van der Waals surface area contributed by atoms with Gasteiger partial charge in [-0.25, -0.2) is 0 Å². The summed E-state index contributed by atoms with van der Waals surface area (Å²) in [6.07, 6.45) is 0. The van der Waals surface area contributed by atoms with Crippen LogP contribution >= 0.6 is 0 Å². The van der Waals surface area contributed by atoms with Crippen molar-refractivity contribution in [2.45, 2.75) is 0 Å². The number of hydrogen-bond donors (Lipinski definition) is 0. The van der Waals surface area contributed by atoms with Crippen molar-refractivity contribution < 1.29 is 0 Å². The number of hydrogen-bond acceptors (Lipinski definition) is 1. The van der Waals surface area contributed by atoms with E-state index in [4.69, 9.17) is 0 Å². The van der Waals surface area contributed by atoms with Crippen molar-refractivity contribution in [2.75, 3.05) is 4.90 Å². The first-order valence-electron chi connectivity index (χ1n) is 16.5. The van der Waals surface area contributed by atoms with Gasteiger partial charge in [0.05, 0.1) is 22.4 Å². The summed E-state index contributed by atoms with van der Waals surface area (Å²) in [5.74, 6) is 0. The first kappa shape index (κ1) is 27.9. The normalized spacial score (nSPS) is 11.3. The number of aromatic nitrogens is 1. The van der Waals surface area contributed by atoms with Crippen LogP contribution in [0, 0.1) is 0 Å². The van der Waals surface area contributed by atoms with Gasteiger partial charge in [-0.05, 0) is 70.4 Å². The summed E-state index contributed by atoms with van der Waals surface area (Å²) >= 11 is 0. The molecule has 0 spiro atoms. The third-order valence-corrected chi connectivity index (χ3v) is 9.39. The standard InChI is InChI=1S/C46H32N2/c1-3-15-33(16-4-1)34-27-30-37(31-28-34)47(36-18-5-2-6-19-36)44-26-14-11-23-41(44)46-38-20-8-7-17-35(38)29-32-45(46)48-42-24-12-9-21-39(42)40-22-10-13-25-43(40)48/h1-32H. The van der Waals surface area contributed by atoms with E-state index in [0.29, 0.717) is 0 Å². The molecule has 8 aromatic carbocycles. The number of rotatable bonds is 6. The second-order valence-corrected chi connectivity index (χ2v) is 12.2. The zero-order valence-corrected chi connectivity index (χ0v) is 26.4. The lowest BCUT2D eigenvalue weighted by Crippen LogP contribution is -2.11. The van der Waals surface area contributed by atoms with E-state index in [1.807, 2.05) is 0 Å². The molecule has 1 heterocycles. The Bertz CT molecular complexity index is 2490. The van der Waals surface area contributed by atoms with Crippen LogP contribution in [-0.2, 0) is 0 Å². The summed E-state index contributed by atoms with van der Waals surface area (Å²) in [6.45, 7) is 0. The molecule has 0 aliphatic carbocycles. The molecule has 0 N–H and O–H groups in total. The van der Waals surface area contributed by atoms with Gasteiger partial charge in [0.25, 0.3) is 0 Å². The number of nitrogens with zero attached hydrogens (tertiary/aromatic N) is 2. The zero-order chi connectivity index (χ0) is 31.9. The van der Waals surface area contributed by atoms with Gasteiger partial charge in [-0.1, -0.05) is 146 Å². The van der Waals surface area contributed by atoms with Gasteiger partial charge in [-0.2, -0.15) is 0 Å². The third kappa shape index (κ3) is 4.66. The van der Waals surface area contributed by atoms with E-state index < -0.39 is 0 Å². The second kappa shape index (κ2) is 11.8. The van der Waals surface area contributed by atoms with Crippen LogP contribution in [0.4, 0.5) is 17.1 Å². The van der Waals surface area contributed by atoms with Crippen molar-refractivity contribution in [3.05, 3.63) is 194 Å². The largest absolute Gasteiger partial charge is 0.310 e. The summed E-state index contributed by atoms with van der Waals surface area (Å²) in [4.78, 5) is 2.39. The van der Waals surface area contributed by atoms with E-state index in [-0.39, 0.29) is 0 Å². The van der Waals surface area contributed by atoms with E-state index in [2.05, 4.69) is 204 Å². The molecule has 0 aliphatic heterocycles. The quantitative estimate of drug-likeness (QED) is 0.181. The smallest absolute Gasteiger partial charge is 0.0547 e. The predicted molar refractivity (Wildman–Crippen MR) is 204 cm³/mol. The predicted octanol–water partition coefficient (Wildman–Crippen LogP) is 12.7. The molecule has 0 fully saturated rings. The van der Waals surface area contributed by atoms with Crippen molar-refractivity contribution in [3.8, 4) is 27.9 Å². The average Bonchev–Trinajstić information content (AvgIpc) is 3.50. The van der Waals surface area contributed by atoms with Gasteiger partial charge in [0, 0.05) is 33.3 Å². The molecule has 0 unspecified atom stereocenters. The van der Waals surface area contributed by atoms with Gasteiger partial charge in [0.2, 0.25) is 0 Å². The molecule has 0 aliphatic rings. The molecule has 0 bridgehead atoms. The SMILES string of the molecule is c1ccc(-c2ccc(N(c3ccccc3)c3ccccc3-c3c(-n4c5ccccc5c5ccccc54)ccc4ccccc34)cc2)cc1. The monoisotopic (exact) mass is 612 g/mol. The molecule has 0 radical (unpaired) electrons. The first-order valence-corrected chi connectivity index (χ1v) is 16.5. The van der Waals surface area contributed by atoms with Crippen LogP contribution in [0.25, 0.3) is 60.5 Å². The van der Waals surface area contributed by atoms with Crippen LogP contribution in [0.5, 0.6) is 0 Å². The average molecular weight is 613 g/mol. The third-order valence-electron chi connectivity index (χ3n) is 9.39. The van der Waals surface area contributed by atoms with Crippen molar-refractivity contribution in [1.82, 2.24) is 4.57 Å². The summed E-state index contributed by atoms with van der Waals surface area (Å²) in [5, 5.41) is 4.94. The molecule has 1 aromatic heterocycles. The van der Waals surface area contributed by atoms with Crippen LogP contribution in [0.1, 0.15) is 0 Å². The summed E-state index contributed by atoms with van der Waals surface area (Å²) < 4.78 is 2.45. The van der Waals surface area contributed by atoms with Crippen LogP contribution in [0.3, 0.4) is 0 Å². The minimum absolute atomic E-state index is 1.10. The van der Waals surface area contributed by atoms with Crippen LogP contribution < -0.4 is 4.90 Å². The number of fused-ring (bicyclic) bond motifs is 4. The van der Waals surface area contributed by atoms with Crippen LogP contribution in [0.15, 0.2) is 194 Å². The molecule has 9 aromatic rings. The minimum atomic E-state index is 1.10. The topological polar surface area (TPSA) is 8.17 Å². The Kier molecular flexibility index (Phi) is 6.84. The summed E-state index contributed by atoms with van der Waals surface area (Å²) in [5.41, 5.74) is 11.7. The molecular weight excluding hydrogens is 581 g/mol. The molecular formula is C46H32N2. The van der Waals surface area contributed by atoms with E-state index in [1.54, 1.807) is 0 Å². The molecule has 2 heteroatoms. The zero-order valence-electron chi connectivity index (χ0n) is 26.4. The van der Waals surface area contributed by atoms with Gasteiger partial charge in [-0.3, -0.25) is 0 Å². The van der Waals surface area contributed by atoms with Crippen molar-refractivity contribution >= 4 is 49.6 Å². The molecule has 0 amide bonds. The molecule has 226 valence electrons. The lowest BCUT2D eigenvalue weighted by Gasteiger charge is -2.29. The van der Waals surface area contributed by atoms with Crippen molar-refractivity contribution in [1.29, 1.82) is 0 Å². The summed E-state index contributed by atoms with van der Waals surface area (Å²) in [6, 6.07) is 69.9. The fraction of sp³-hybridized carbons (Fsp3) is 0.